The standard InChI is InChI=1S/C8H12FN3O.H2/c1-7(13)2-3-8-6-12(5-4-9)11-10-8;/h6H,2-5H2,1H3;1H. The number of aromatic nitrogens is 3. The van der Waals surface area contributed by atoms with Crippen LogP contribution in [0.25, 0.3) is 0 Å². The van der Waals surface area contributed by atoms with Gasteiger partial charge in [-0.15, -0.1) is 5.10 Å². The van der Waals surface area contributed by atoms with Gasteiger partial charge in [-0.1, -0.05) is 5.21 Å². The molecule has 1 aromatic rings. The predicted octanol–water partition coefficient (Wildman–Crippen LogP) is 1.02. The number of carbonyl (C=O) groups is 1. The molecule has 0 unspecified atom stereocenters. The highest BCUT2D eigenvalue weighted by molar-refractivity contribution is 5.75. The number of ketones is 1. The largest absolute Gasteiger partial charge is 0.300 e. The number of hydrogen-bond donors (Lipinski definition) is 0. The molecule has 0 bridgehead atoms. The first kappa shape index (κ1) is 9.83. The Kier molecular flexibility index (Phi) is 3.54. The van der Waals surface area contributed by atoms with E-state index in [9.17, 15) is 9.18 Å². The summed E-state index contributed by atoms with van der Waals surface area (Å²) in [5, 5.41) is 7.50. The third kappa shape index (κ3) is 3.31. The summed E-state index contributed by atoms with van der Waals surface area (Å²) in [5.41, 5.74) is 0.739. The Balaban J connectivity index is 0.00000169. The van der Waals surface area contributed by atoms with Gasteiger partial charge in [-0.2, -0.15) is 0 Å². The molecule has 1 heterocycles. The van der Waals surface area contributed by atoms with E-state index in [2.05, 4.69) is 10.3 Å². The van der Waals surface area contributed by atoms with Crippen LogP contribution in [0.5, 0.6) is 0 Å². The van der Waals surface area contributed by atoms with Crippen molar-refractivity contribution >= 4 is 5.78 Å². The number of aryl methyl sites for hydroxylation is 2. The number of halogens is 1. The molecule has 13 heavy (non-hydrogen) atoms. The Bertz CT molecular complexity index is 290. The highest BCUT2D eigenvalue weighted by Crippen LogP contribution is 1.98. The fraction of sp³-hybridized carbons (Fsp3) is 0.625. The molecular weight excluding hydrogens is 173 g/mol. The van der Waals surface area contributed by atoms with Gasteiger partial charge in [0.1, 0.15) is 12.5 Å². The van der Waals surface area contributed by atoms with Crippen molar-refractivity contribution in [1.29, 1.82) is 0 Å². The molecule has 1 aromatic heterocycles. The van der Waals surface area contributed by atoms with Gasteiger partial charge in [0.25, 0.3) is 0 Å². The molecule has 0 spiro atoms. The topological polar surface area (TPSA) is 47.8 Å². The van der Waals surface area contributed by atoms with Gasteiger partial charge in [0.05, 0.1) is 12.2 Å². The van der Waals surface area contributed by atoms with Crippen molar-refractivity contribution in [3.05, 3.63) is 11.9 Å². The monoisotopic (exact) mass is 187 g/mol. The van der Waals surface area contributed by atoms with Crippen LogP contribution in [0.1, 0.15) is 20.5 Å². The van der Waals surface area contributed by atoms with Gasteiger partial charge in [0.2, 0.25) is 0 Å². The Morgan fingerprint density at radius 3 is 3.15 bits per heavy atom. The SMILES string of the molecule is CC(=O)CCc1cn(CCF)nn1.[HH]. The smallest absolute Gasteiger partial charge is 0.130 e. The molecule has 0 radical (unpaired) electrons. The van der Waals surface area contributed by atoms with Gasteiger partial charge in [-0.3, -0.25) is 0 Å². The van der Waals surface area contributed by atoms with E-state index in [1.54, 1.807) is 6.20 Å². The first-order chi connectivity index (χ1) is 6.22. The molecule has 0 atom stereocenters. The number of alkyl halides is 1. The lowest BCUT2D eigenvalue weighted by atomic mass is 10.2. The van der Waals surface area contributed by atoms with Crippen LogP contribution in [0.3, 0.4) is 0 Å². The molecule has 0 aliphatic rings. The van der Waals surface area contributed by atoms with E-state index in [0.29, 0.717) is 12.8 Å². The van der Waals surface area contributed by atoms with Crippen molar-refractivity contribution in [1.82, 2.24) is 15.0 Å². The third-order valence-corrected chi connectivity index (χ3v) is 1.63. The highest BCUT2D eigenvalue weighted by atomic mass is 19.1. The lowest BCUT2D eigenvalue weighted by molar-refractivity contribution is -0.116. The van der Waals surface area contributed by atoms with Crippen molar-refractivity contribution in [2.45, 2.75) is 26.3 Å². The summed E-state index contributed by atoms with van der Waals surface area (Å²) in [4.78, 5) is 10.6. The summed E-state index contributed by atoms with van der Waals surface area (Å²) in [6, 6.07) is 0. The fourth-order valence-electron chi connectivity index (χ4n) is 0.953. The second-order valence-corrected chi connectivity index (χ2v) is 2.86. The van der Waals surface area contributed by atoms with Gasteiger partial charge in [0, 0.05) is 14.0 Å². The maximum Gasteiger partial charge on any atom is 0.130 e. The lowest BCUT2D eigenvalue weighted by Gasteiger charge is -1.91. The minimum Gasteiger partial charge on any atom is -0.300 e. The summed E-state index contributed by atoms with van der Waals surface area (Å²) >= 11 is 0. The molecule has 0 aliphatic carbocycles. The number of nitrogens with zero attached hydrogens (tertiary/aromatic N) is 3. The Morgan fingerprint density at radius 1 is 1.77 bits per heavy atom. The number of carbonyl (C=O) groups excluding carboxylic acids is 1. The molecule has 1 rings (SSSR count). The molecule has 0 N–H and O–H groups in total. The van der Waals surface area contributed by atoms with Crippen LogP contribution in [-0.4, -0.2) is 27.5 Å². The predicted molar refractivity (Wildman–Crippen MR) is 47.1 cm³/mol. The van der Waals surface area contributed by atoms with Crippen molar-refractivity contribution in [3.63, 3.8) is 0 Å². The maximum absolute atomic E-state index is 11.9. The molecule has 0 aromatic carbocycles. The molecule has 5 heteroatoms. The quantitative estimate of drug-likeness (QED) is 0.691. The van der Waals surface area contributed by atoms with Crippen molar-refractivity contribution in [3.8, 4) is 0 Å². The fourth-order valence-corrected chi connectivity index (χ4v) is 0.953. The van der Waals surface area contributed by atoms with Crippen LogP contribution in [-0.2, 0) is 17.8 Å². The second kappa shape index (κ2) is 4.69. The van der Waals surface area contributed by atoms with E-state index in [-0.39, 0.29) is 13.8 Å². The maximum atomic E-state index is 11.9. The van der Waals surface area contributed by atoms with Gasteiger partial charge in [-0.25, -0.2) is 9.07 Å². The van der Waals surface area contributed by atoms with Gasteiger partial charge >= 0.3 is 0 Å². The summed E-state index contributed by atoms with van der Waals surface area (Å²) in [7, 11) is 0. The van der Waals surface area contributed by atoms with E-state index in [1.807, 2.05) is 0 Å². The van der Waals surface area contributed by atoms with E-state index < -0.39 is 6.67 Å². The van der Waals surface area contributed by atoms with Crippen LogP contribution < -0.4 is 0 Å². The molecule has 74 valence electrons. The highest BCUT2D eigenvalue weighted by Gasteiger charge is 2.01. The zero-order valence-corrected chi connectivity index (χ0v) is 7.53. The van der Waals surface area contributed by atoms with Gasteiger partial charge < -0.3 is 4.79 Å². The molecule has 4 nitrogen and oxygen atoms in total. The molecule has 0 saturated heterocycles. The van der Waals surface area contributed by atoms with Gasteiger partial charge in [0.15, 0.2) is 0 Å². The van der Waals surface area contributed by atoms with E-state index in [0.717, 1.165) is 5.69 Å². The zero-order chi connectivity index (χ0) is 9.68. The lowest BCUT2D eigenvalue weighted by Crippen LogP contribution is -1.99. The molecule has 0 saturated carbocycles. The number of Topliss-reactive ketones (excluding diaryl/α,β-unsaturated/α-hetero) is 1. The van der Waals surface area contributed by atoms with E-state index in [4.69, 9.17) is 0 Å². The van der Waals surface area contributed by atoms with Crippen LogP contribution in [0, 0.1) is 0 Å². The molecule has 0 fully saturated rings. The molecule has 0 amide bonds. The van der Waals surface area contributed by atoms with Crippen molar-refractivity contribution < 1.29 is 10.6 Å². The summed E-state index contributed by atoms with van der Waals surface area (Å²) in [5.74, 6) is 0.125. The van der Waals surface area contributed by atoms with E-state index in [1.165, 1.54) is 11.6 Å². The van der Waals surface area contributed by atoms with Crippen molar-refractivity contribution in [2.24, 2.45) is 0 Å². The summed E-state index contributed by atoms with van der Waals surface area (Å²) in [6.45, 7) is 1.31. The molecule has 0 aliphatic heterocycles. The minimum atomic E-state index is -0.449. The normalized spacial score (nSPS) is 10.3. The number of rotatable bonds is 5. The Hall–Kier alpha value is -1.26. The first-order valence-corrected chi connectivity index (χ1v) is 4.17. The zero-order valence-electron chi connectivity index (χ0n) is 7.53. The summed E-state index contributed by atoms with van der Waals surface area (Å²) in [6.07, 6.45) is 2.72. The Morgan fingerprint density at radius 2 is 2.54 bits per heavy atom. The summed E-state index contributed by atoms with van der Waals surface area (Å²) < 4.78 is 13.3. The Labute approximate surface area is 77.2 Å². The second-order valence-electron chi connectivity index (χ2n) is 2.86. The molecular formula is C8H14FN3O. The third-order valence-electron chi connectivity index (χ3n) is 1.63. The first-order valence-electron chi connectivity index (χ1n) is 4.17. The number of hydrogen-bond acceptors (Lipinski definition) is 3. The van der Waals surface area contributed by atoms with Crippen LogP contribution in [0.4, 0.5) is 4.39 Å². The average Bonchev–Trinajstić information content (AvgIpc) is 2.50. The average molecular weight is 187 g/mol. The van der Waals surface area contributed by atoms with E-state index >= 15 is 0 Å². The van der Waals surface area contributed by atoms with Crippen LogP contribution in [0.15, 0.2) is 6.20 Å². The minimum absolute atomic E-state index is 0. The van der Waals surface area contributed by atoms with Gasteiger partial charge in [-0.05, 0) is 13.3 Å². The van der Waals surface area contributed by atoms with Crippen molar-refractivity contribution in [2.75, 3.05) is 6.67 Å². The van der Waals surface area contributed by atoms with Crippen LogP contribution in [0.2, 0.25) is 0 Å². The van der Waals surface area contributed by atoms with Crippen LogP contribution >= 0.6 is 0 Å².